The standard InChI is InChI=1S/C15H13N7O3/c23-15(10-19-6-5-14(17-19)22(24)25)20-9-12-7-16-18-21(12)8-11-3-1-2-4-13(11)20/h1-7H,8-10H2. The predicted octanol–water partition coefficient (Wildman–Crippen LogP) is 0.978. The van der Waals surface area contributed by atoms with E-state index in [4.69, 9.17) is 0 Å². The van der Waals surface area contributed by atoms with Gasteiger partial charge in [0, 0.05) is 5.69 Å². The average Bonchev–Trinajstić information content (AvgIpc) is 3.20. The van der Waals surface area contributed by atoms with Gasteiger partial charge in [-0.15, -0.1) is 5.10 Å². The van der Waals surface area contributed by atoms with E-state index in [1.165, 1.54) is 16.9 Å². The molecule has 1 aromatic carbocycles. The Bertz CT molecular complexity index is 961. The molecule has 1 aliphatic heterocycles. The van der Waals surface area contributed by atoms with Gasteiger partial charge >= 0.3 is 5.82 Å². The second-order valence-electron chi connectivity index (χ2n) is 5.62. The van der Waals surface area contributed by atoms with E-state index in [9.17, 15) is 14.9 Å². The lowest BCUT2D eigenvalue weighted by Gasteiger charge is -2.21. The number of nitrogens with zero attached hydrogens (tertiary/aromatic N) is 7. The van der Waals surface area contributed by atoms with Crippen molar-refractivity contribution in [3.8, 4) is 0 Å². The lowest BCUT2D eigenvalue weighted by molar-refractivity contribution is -0.389. The molecule has 0 fully saturated rings. The van der Waals surface area contributed by atoms with Crippen molar-refractivity contribution >= 4 is 17.4 Å². The summed E-state index contributed by atoms with van der Waals surface area (Å²) in [5.41, 5.74) is 2.56. The Morgan fingerprint density at radius 2 is 2.08 bits per heavy atom. The zero-order valence-corrected chi connectivity index (χ0v) is 13.0. The van der Waals surface area contributed by atoms with Crippen LogP contribution >= 0.6 is 0 Å². The van der Waals surface area contributed by atoms with Crippen molar-refractivity contribution in [2.24, 2.45) is 0 Å². The van der Waals surface area contributed by atoms with Gasteiger partial charge in [0.05, 0.1) is 42.3 Å². The summed E-state index contributed by atoms with van der Waals surface area (Å²) in [6.07, 6.45) is 3.05. The summed E-state index contributed by atoms with van der Waals surface area (Å²) >= 11 is 0. The number of benzene rings is 1. The van der Waals surface area contributed by atoms with Crippen molar-refractivity contribution < 1.29 is 9.72 Å². The van der Waals surface area contributed by atoms with Crippen LogP contribution in [0.1, 0.15) is 11.3 Å². The number of hydrogen-bond acceptors (Lipinski definition) is 6. The first-order valence-electron chi connectivity index (χ1n) is 7.55. The second-order valence-corrected chi connectivity index (χ2v) is 5.62. The SMILES string of the molecule is O=C(Cn1ccc([N+](=O)[O-])n1)N1Cc2cnnn2Cc2ccccc21. The van der Waals surface area contributed by atoms with Gasteiger partial charge in [-0.25, -0.2) is 4.68 Å². The van der Waals surface area contributed by atoms with Crippen molar-refractivity contribution in [3.63, 3.8) is 0 Å². The summed E-state index contributed by atoms with van der Waals surface area (Å²) in [5, 5.41) is 22.5. The monoisotopic (exact) mass is 339 g/mol. The van der Waals surface area contributed by atoms with Gasteiger partial charge in [-0.2, -0.15) is 4.68 Å². The molecule has 0 unspecified atom stereocenters. The van der Waals surface area contributed by atoms with Gasteiger partial charge < -0.3 is 15.0 Å². The van der Waals surface area contributed by atoms with Crippen molar-refractivity contribution in [2.75, 3.05) is 4.90 Å². The molecule has 0 aliphatic carbocycles. The highest BCUT2D eigenvalue weighted by Gasteiger charge is 2.26. The van der Waals surface area contributed by atoms with E-state index >= 15 is 0 Å². The molecule has 126 valence electrons. The summed E-state index contributed by atoms with van der Waals surface area (Å²) in [5.74, 6) is -0.508. The third-order valence-corrected chi connectivity index (χ3v) is 4.03. The quantitative estimate of drug-likeness (QED) is 0.519. The molecule has 0 N–H and O–H groups in total. The van der Waals surface area contributed by atoms with Crippen LogP contribution in [0.4, 0.5) is 11.5 Å². The van der Waals surface area contributed by atoms with E-state index in [0.717, 1.165) is 16.9 Å². The van der Waals surface area contributed by atoms with Gasteiger partial charge in [0.15, 0.2) is 0 Å². The summed E-state index contributed by atoms with van der Waals surface area (Å²) in [7, 11) is 0. The van der Waals surface area contributed by atoms with Crippen molar-refractivity contribution in [1.82, 2.24) is 24.8 Å². The first kappa shape index (κ1) is 15.0. The average molecular weight is 339 g/mol. The van der Waals surface area contributed by atoms with Crippen molar-refractivity contribution in [1.29, 1.82) is 0 Å². The number of aromatic nitrogens is 5. The molecule has 10 nitrogen and oxygen atoms in total. The number of carbonyl (C=O) groups is 1. The molecule has 2 aromatic heterocycles. The number of carbonyl (C=O) groups excluding carboxylic acids is 1. The van der Waals surface area contributed by atoms with E-state index in [1.54, 1.807) is 15.8 Å². The van der Waals surface area contributed by atoms with Crippen LogP contribution in [-0.2, 0) is 24.4 Å². The van der Waals surface area contributed by atoms with Crippen LogP contribution in [0.5, 0.6) is 0 Å². The van der Waals surface area contributed by atoms with E-state index in [0.29, 0.717) is 13.1 Å². The van der Waals surface area contributed by atoms with Crippen LogP contribution in [0.25, 0.3) is 0 Å². The smallest absolute Gasteiger partial charge is 0.358 e. The zero-order chi connectivity index (χ0) is 17.4. The van der Waals surface area contributed by atoms with Crippen molar-refractivity contribution in [2.45, 2.75) is 19.6 Å². The first-order chi connectivity index (χ1) is 12.1. The van der Waals surface area contributed by atoms with Crippen molar-refractivity contribution in [3.05, 3.63) is 64.1 Å². The Morgan fingerprint density at radius 3 is 2.88 bits per heavy atom. The highest BCUT2D eigenvalue weighted by molar-refractivity contribution is 5.94. The van der Waals surface area contributed by atoms with E-state index < -0.39 is 4.92 Å². The van der Waals surface area contributed by atoms with Gasteiger partial charge in [0.1, 0.15) is 6.54 Å². The Hall–Kier alpha value is -3.56. The maximum atomic E-state index is 12.8. The molecular weight excluding hydrogens is 326 g/mol. The van der Waals surface area contributed by atoms with Gasteiger partial charge in [0.2, 0.25) is 0 Å². The summed E-state index contributed by atoms with van der Waals surface area (Å²) in [6.45, 7) is 0.762. The van der Waals surface area contributed by atoms with Gasteiger partial charge in [-0.05, 0) is 16.6 Å². The van der Waals surface area contributed by atoms with Gasteiger partial charge in [0.25, 0.3) is 5.91 Å². The highest BCUT2D eigenvalue weighted by atomic mass is 16.6. The molecule has 1 amide bonds. The van der Waals surface area contributed by atoms with Crippen LogP contribution in [0.3, 0.4) is 0 Å². The molecule has 0 atom stereocenters. The molecule has 1 aliphatic rings. The lowest BCUT2D eigenvalue weighted by atomic mass is 10.1. The largest absolute Gasteiger partial charge is 0.389 e. The number of hydrogen-bond donors (Lipinski definition) is 0. The number of rotatable bonds is 3. The molecule has 0 spiro atoms. The first-order valence-corrected chi connectivity index (χ1v) is 7.55. The Kier molecular flexibility index (Phi) is 3.49. The number of nitro groups is 1. The molecule has 25 heavy (non-hydrogen) atoms. The predicted molar refractivity (Wildman–Crippen MR) is 85.6 cm³/mol. The fraction of sp³-hybridized carbons (Fsp3) is 0.200. The Labute approximate surface area is 141 Å². The molecule has 4 rings (SSSR count). The molecule has 0 radical (unpaired) electrons. The normalized spacial score (nSPS) is 13.0. The number of amides is 1. The summed E-state index contributed by atoms with van der Waals surface area (Å²) in [4.78, 5) is 24.6. The molecule has 0 bridgehead atoms. The molecule has 0 saturated heterocycles. The van der Waals surface area contributed by atoms with Crippen LogP contribution in [0.2, 0.25) is 0 Å². The number of anilines is 1. The number of fused-ring (bicyclic) bond motifs is 2. The molecular formula is C15H13N7O3. The molecule has 0 saturated carbocycles. The summed E-state index contributed by atoms with van der Waals surface area (Å²) < 4.78 is 3.02. The fourth-order valence-electron chi connectivity index (χ4n) is 2.83. The molecule has 10 heteroatoms. The number of para-hydroxylation sites is 1. The van der Waals surface area contributed by atoms with Gasteiger partial charge in [-0.1, -0.05) is 23.4 Å². The van der Waals surface area contributed by atoms with Crippen LogP contribution in [-0.4, -0.2) is 35.6 Å². The van der Waals surface area contributed by atoms with Crippen LogP contribution < -0.4 is 4.90 Å². The zero-order valence-electron chi connectivity index (χ0n) is 13.0. The van der Waals surface area contributed by atoms with Gasteiger partial charge in [-0.3, -0.25) is 4.79 Å². The lowest BCUT2D eigenvalue weighted by Crippen LogP contribution is -2.33. The third kappa shape index (κ3) is 2.73. The minimum atomic E-state index is -0.591. The Balaban J connectivity index is 1.65. The molecule has 3 aromatic rings. The highest BCUT2D eigenvalue weighted by Crippen LogP contribution is 2.27. The Morgan fingerprint density at radius 1 is 1.24 bits per heavy atom. The maximum Gasteiger partial charge on any atom is 0.389 e. The fourth-order valence-corrected chi connectivity index (χ4v) is 2.83. The topological polar surface area (TPSA) is 112 Å². The maximum absolute atomic E-state index is 12.8. The minimum Gasteiger partial charge on any atom is -0.358 e. The molecule has 3 heterocycles. The summed E-state index contributed by atoms with van der Waals surface area (Å²) in [6, 6.07) is 8.84. The minimum absolute atomic E-state index is 0.0935. The third-order valence-electron chi connectivity index (χ3n) is 4.03. The van der Waals surface area contributed by atoms with Crippen LogP contribution in [0, 0.1) is 10.1 Å². The van der Waals surface area contributed by atoms with E-state index in [1.807, 2.05) is 24.3 Å². The second kappa shape index (κ2) is 5.82. The van der Waals surface area contributed by atoms with E-state index in [-0.39, 0.29) is 18.3 Å². The van der Waals surface area contributed by atoms with E-state index in [2.05, 4.69) is 15.4 Å². The van der Waals surface area contributed by atoms with Crippen LogP contribution in [0.15, 0.2) is 42.7 Å².